The number of carbonyl (C=O) groups excluding carboxylic acids is 3. The van der Waals surface area contributed by atoms with Gasteiger partial charge in [-0.2, -0.15) is 30.7 Å². The predicted octanol–water partition coefficient (Wildman–Crippen LogP) is 4.42. The van der Waals surface area contributed by atoms with Crippen LogP contribution < -0.4 is 0 Å². The van der Waals surface area contributed by atoms with Crippen LogP contribution in [0.2, 0.25) is 0 Å². The average molecular weight is 496 g/mol. The number of hydrogen-bond acceptors (Lipinski definition) is 4. The largest absolute Gasteiger partial charge is 0.464 e. The van der Waals surface area contributed by atoms with Crippen molar-refractivity contribution in [1.29, 1.82) is 0 Å². The SMILES string of the molecule is CCCCCCCCCCOC(=O)CN(C)C(=O)CN(C)C(=O)C(F)(F)C(F)(F)C(F)(F)F. The molecule has 194 valence electrons. The molecule has 0 radical (unpaired) electrons. The summed E-state index contributed by atoms with van der Waals surface area (Å²) in [4.78, 5) is 35.6. The Bertz CT molecular complexity index is 642. The van der Waals surface area contributed by atoms with Crippen molar-refractivity contribution in [3.63, 3.8) is 0 Å². The third-order valence-electron chi connectivity index (χ3n) is 4.79. The summed E-state index contributed by atoms with van der Waals surface area (Å²) in [7, 11) is 1.52. The second-order valence-electron chi connectivity index (χ2n) is 7.75. The first kappa shape index (κ1) is 30.9. The van der Waals surface area contributed by atoms with Gasteiger partial charge in [0, 0.05) is 14.1 Å². The highest BCUT2D eigenvalue weighted by Crippen LogP contribution is 2.47. The molecule has 0 atom stereocenters. The van der Waals surface area contributed by atoms with Crippen LogP contribution in [0.4, 0.5) is 30.7 Å². The quantitative estimate of drug-likeness (QED) is 0.191. The van der Waals surface area contributed by atoms with E-state index < -0.39 is 48.9 Å². The zero-order chi connectivity index (χ0) is 25.9. The van der Waals surface area contributed by atoms with Crippen molar-refractivity contribution in [2.45, 2.75) is 76.3 Å². The van der Waals surface area contributed by atoms with E-state index >= 15 is 0 Å². The number of likely N-dealkylation sites (N-methyl/N-ethyl adjacent to an activating group) is 2. The Balaban J connectivity index is 4.44. The summed E-state index contributed by atoms with van der Waals surface area (Å²) in [5.41, 5.74) is 0. The van der Waals surface area contributed by atoms with Crippen LogP contribution in [-0.4, -0.2) is 79.4 Å². The Morgan fingerprint density at radius 1 is 0.727 bits per heavy atom. The number of halogens is 7. The van der Waals surface area contributed by atoms with Crippen LogP contribution >= 0.6 is 0 Å². The lowest BCUT2D eigenvalue weighted by Gasteiger charge is -2.30. The molecule has 0 rings (SSSR count). The van der Waals surface area contributed by atoms with Gasteiger partial charge in [-0.25, -0.2) is 0 Å². The van der Waals surface area contributed by atoms with Gasteiger partial charge in [0.1, 0.15) is 6.54 Å². The summed E-state index contributed by atoms with van der Waals surface area (Å²) in [6.07, 6.45) is 1.49. The van der Waals surface area contributed by atoms with Gasteiger partial charge in [-0.15, -0.1) is 0 Å². The third kappa shape index (κ3) is 9.75. The number of carbonyl (C=O) groups is 3. The highest BCUT2D eigenvalue weighted by molar-refractivity contribution is 5.90. The van der Waals surface area contributed by atoms with Crippen LogP contribution in [0.3, 0.4) is 0 Å². The first-order valence-electron chi connectivity index (χ1n) is 10.6. The first-order valence-corrected chi connectivity index (χ1v) is 10.6. The third-order valence-corrected chi connectivity index (χ3v) is 4.79. The fraction of sp³-hybridized carbons (Fsp3) is 0.850. The zero-order valence-corrected chi connectivity index (χ0v) is 19.0. The van der Waals surface area contributed by atoms with Crippen LogP contribution in [0.5, 0.6) is 0 Å². The van der Waals surface area contributed by atoms with Crippen molar-refractivity contribution in [3.05, 3.63) is 0 Å². The van der Waals surface area contributed by atoms with Gasteiger partial charge in [0.05, 0.1) is 13.2 Å². The lowest BCUT2D eigenvalue weighted by Crippen LogP contribution is -2.60. The van der Waals surface area contributed by atoms with Crippen LogP contribution in [0.25, 0.3) is 0 Å². The van der Waals surface area contributed by atoms with Gasteiger partial charge >= 0.3 is 24.0 Å². The molecule has 0 spiro atoms. The number of nitrogens with zero attached hydrogens (tertiary/aromatic N) is 2. The summed E-state index contributed by atoms with van der Waals surface area (Å²) < 4.78 is 94.4. The van der Waals surface area contributed by atoms with Gasteiger partial charge in [0.2, 0.25) is 5.91 Å². The summed E-state index contributed by atoms with van der Waals surface area (Å²) in [6.45, 7) is 0.361. The molecule has 0 aliphatic rings. The Morgan fingerprint density at radius 2 is 1.21 bits per heavy atom. The van der Waals surface area contributed by atoms with Crippen LogP contribution in [0.1, 0.15) is 58.3 Å². The van der Waals surface area contributed by atoms with E-state index in [2.05, 4.69) is 6.92 Å². The van der Waals surface area contributed by atoms with E-state index in [4.69, 9.17) is 4.74 Å². The van der Waals surface area contributed by atoms with Gasteiger partial charge in [0.25, 0.3) is 5.91 Å². The van der Waals surface area contributed by atoms with E-state index in [1.807, 2.05) is 0 Å². The van der Waals surface area contributed by atoms with Gasteiger partial charge in [-0.1, -0.05) is 51.9 Å². The van der Waals surface area contributed by atoms with E-state index in [-0.39, 0.29) is 11.5 Å². The molecular formula is C20H31F7N2O4. The van der Waals surface area contributed by atoms with Crippen LogP contribution in [0, 0.1) is 0 Å². The molecule has 2 amide bonds. The van der Waals surface area contributed by atoms with Crippen molar-refractivity contribution in [2.24, 2.45) is 0 Å². The summed E-state index contributed by atoms with van der Waals surface area (Å²) >= 11 is 0. The lowest BCUT2D eigenvalue weighted by atomic mass is 10.1. The maximum absolute atomic E-state index is 13.4. The van der Waals surface area contributed by atoms with Gasteiger partial charge in [0.15, 0.2) is 0 Å². The normalized spacial score (nSPS) is 12.4. The molecular weight excluding hydrogens is 465 g/mol. The summed E-state index contributed by atoms with van der Waals surface area (Å²) in [5, 5.41) is 0. The van der Waals surface area contributed by atoms with E-state index in [1.54, 1.807) is 0 Å². The first-order chi connectivity index (χ1) is 15.1. The summed E-state index contributed by atoms with van der Waals surface area (Å²) in [6, 6.07) is 0. The van der Waals surface area contributed by atoms with Crippen molar-refractivity contribution in [3.8, 4) is 0 Å². The van der Waals surface area contributed by atoms with Crippen molar-refractivity contribution in [1.82, 2.24) is 9.80 Å². The fourth-order valence-electron chi connectivity index (χ4n) is 2.70. The maximum atomic E-state index is 13.4. The topological polar surface area (TPSA) is 66.9 Å². The molecule has 0 aliphatic carbocycles. The number of esters is 1. The average Bonchev–Trinajstić information content (AvgIpc) is 2.70. The second kappa shape index (κ2) is 13.6. The Morgan fingerprint density at radius 3 is 1.70 bits per heavy atom. The predicted molar refractivity (Wildman–Crippen MR) is 105 cm³/mol. The minimum Gasteiger partial charge on any atom is -0.464 e. The highest BCUT2D eigenvalue weighted by Gasteiger charge is 2.76. The lowest BCUT2D eigenvalue weighted by molar-refractivity contribution is -0.345. The van der Waals surface area contributed by atoms with E-state index in [0.717, 1.165) is 39.2 Å². The zero-order valence-electron chi connectivity index (χ0n) is 19.0. The molecule has 6 nitrogen and oxygen atoms in total. The second-order valence-corrected chi connectivity index (χ2v) is 7.75. The van der Waals surface area contributed by atoms with Crippen molar-refractivity contribution >= 4 is 17.8 Å². The van der Waals surface area contributed by atoms with E-state index in [1.165, 1.54) is 12.8 Å². The monoisotopic (exact) mass is 496 g/mol. The Kier molecular flexibility index (Phi) is 12.7. The Labute approximate surface area is 188 Å². The van der Waals surface area contributed by atoms with Crippen LogP contribution in [0.15, 0.2) is 0 Å². The molecule has 0 unspecified atom stereocenters. The smallest absolute Gasteiger partial charge is 0.460 e. The van der Waals surface area contributed by atoms with Crippen molar-refractivity contribution in [2.75, 3.05) is 33.8 Å². The molecule has 13 heteroatoms. The molecule has 0 saturated carbocycles. The number of hydrogen-bond donors (Lipinski definition) is 0. The molecule has 0 aromatic heterocycles. The molecule has 0 heterocycles. The molecule has 0 saturated heterocycles. The van der Waals surface area contributed by atoms with Gasteiger partial charge < -0.3 is 14.5 Å². The number of rotatable bonds is 15. The molecule has 33 heavy (non-hydrogen) atoms. The molecule has 0 bridgehead atoms. The number of amides is 2. The number of unbranched alkanes of at least 4 members (excludes halogenated alkanes) is 7. The minimum atomic E-state index is -6.67. The molecule has 0 aromatic carbocycles. The van der Waals surface area contributed by atoms with Gasteiger partial charge in [-0.3, -0.25) is 14.4 Å². The number of ether oxygens (including phenoxy) is 1. The van der Waals surface area contributed by atoms with Crippen LogP contribution in [-0.2, 0) is 19.1 Å². The van der Waals surface area contributed by atoms with E-state index in [9.17, 15) is 45.1 Å². The standard InChI is InChI=1S/C20H31F7N2O4/c1-4-5-6-7-8-9-10-11-12-33-16(31)14-28(2)15(30)13-29(3)17(32)18(21,22)19(23,24)20(25,26)27/h4-14H2,1-3H3. The highest BCUT2D eigenvalue weighted by atomic mass is 19.4. The molecule has 0 fully saturated rings. The molecule has 0 N–H and O–H groups in total. The molecule has 0 aliphatic heterocycles. The van der Waals surface area contributed by atoms with E-state index in [0.29, 0.717) is 18.4 Å². The number of alkyl halides is 7. The van der Waals surface area contributed by atoms with Crippen molar-refractivity contribution < 1.29 is 49.9 Å². The minimum absolute atomic E-state index is 0.104. The summed E-state index contributed by atoms with van der Waals surface area (Å²) in [5.74, 6) is -17.6. The fourth-order valence-corrected chi connectivity index (χ4v) is 2.70. The molecule has 0 aromatic rings. The maximum Gasteiger partial charge on any atom is 0.460 e. The van der Waals surface area contributed by atoms with Gasteiger partial charge in [-0.05, 0) is 6.42 Å². The Hall–Kier alpha value is -2.08.